The van der Waals surface area contributed by atoms with Crippen LogP contribution in [0.15, 0.2) is 48.5 Å². The first-order valence-corrected chi connectivity index (χ1v) is 14.8. The second-order valence-electron chi connectivity index (χ2n) is 9.65. The van der Waals surface area contributed by atoms with Gasteiger partial charge in [0.25, 0.3) is 0 Å². The number of hydrogen-bond donors (Lipinski definition) is 1. The van der Waals surface area contributed by atoms with E-state index in [1.807, 2.05) is 24.3 Å². The maximum absolute atomic E-state index is 13.5. The Morgan fingerprint density at radius 3 is 2.42 bits per heavy atom. The molecule has 1 atom stereocenters. The number of sulfonamides is 1. The van der Waals surface area contributed by atoms with E-state index < -0.39 is 16.1 Å². The number of methoxy groups -OCH3 is 2. The molecule has 1 saturated carbocycles. The van der Waals surface area contributed by atoms with Gasteiger partial charge in [-0.2, -0.15) is 0 Å². The average molecular weight is 546 g/mol. The summed E-state index contributed by atoms with van der Waals surface area (Å²) in [5.41, 5.74) is 1.26. The normalized spacial score (nSPS) is 14.5. The molecule has 9 nitrogen and oxygen atoms in total. The van der Waals surface area contributed by atoms with Gasteiger partial charge in [0.05, 0.1) is 26.2 Å². The summed E-state index contributed by atoms with van der Waals surface area (Å²) >= 11 is 0. The van der Waals surface area contributed by atoms with E-state index in [4.69, 9.17) is 9.47 Å². The van der Waals surface area contributed by atoms with Crippen LogP contribution in [-0.2, 0) is 26.2 Å². The van der Waals surface area contributed by atoms with E-state index in [0.717, 1.165) is 37.5 Å². The van der Waals surface area contributed by atoms with Crippen molar-refractivity contribution >= 4 is 27.5 Å². The number of ether oxygens (including phenoxy) is 2. The van der Waals surface area contributed by atoms with E-state index in [2.05, 4.69) is 5.32 Å². The molecule has 0 spiro atoms. The number of para-hydroxylation sites is 2. The Kier molecular flexibility index (Phi) is 10.4. The molecule has 1 fully saturated rings. The number of nitrogens with zero attached hydrogens (tertiary/aromatic N) is 2. The summed E-state index contributed by atoms with van der Waals surface area (Å²) in [7, 11) is -0.556. The van der Waals surface area contributed by atoms with Crippen molar-refractivity contribution in [1.29, 1.82) is 0 Å². The molecule has 2 aromatic rings. The molecule has 38 heavy (non-hydrogen) atoms. The van der Waals surface area contributed by atoms with Crippen LogP contribution < -0.4 is 19.1 Å². The van der Waals surface area contributed by atoms with Gasteiger partial charge in [-0.15, -0.1) is 0 Å². The van der Waals surface area contributed by atoms with Crippen molar-refractivity contribution in [3.63, 3.8) is 0 Å². The van der Waals surface area contributed by atoms with Crippen LogP contribution in [0.3, 0.4) is 0 Å². The number of carbonyl (C=O) groups excluding carboxylic acids is 2. The molecule has 0 aliphatic heterocycles. The van der Waals surface area contributed by atoms with Gasteiger partial charge < -0.3 is 19.7 Å². The fourth-order valence-corrected chi connectivity index (χ4v) is 5.73. The summed E-state index contributed by atoms with van der Waals surface area (Å²) in [6.07, 6.45) is 5.57. The third-order valence-corrected chi connectivity index (χ3v) is 8.04. The standard InChI is InChI=1S/C28H39N3O6S/c1-21(28(33)29-23-12-5-6-13-23)30(20-22-11-9-14-24(19-22)36-2)27(32)17-10-18-31(38(4,34)35)25-15-7-8-16-26(25)37-3/h7-9,11,14-16,19,21,23H,5-6,10,12-13,17-18,20H2,1-4H3,(H,29,33)/t21-/m0/s1. The monoisotopic (exact) mass is 545 g/mol. The van der Waals surface area contributed by atoms with Gasteiger partial charge in [-0.05, 0) is 56.0 Å². The second kappa shape index (κ2) is 13.5. The minimum Gasteiger partial charge on any atom is -0.497 e. The van der Waals surface area contributed by atoms with Crippen molar-refractivity contribution in [3.8, 4) is 11.5 Å². The molecule has 0 saturated heterocycles. The van der Waals surface area contributed by atoms with Gasteiger partial charge in [0, 0.05) is 25.6 Å². The molecule has 10 heteroatoms. The SMILES string of the molecule is COc1cccc(CN(C(=O)CCCN(c2ccccc2OC)S(C)(=O)=O)[C@@H](C)C(=O)NC2CCCC2)c1. The Morgan fingerprint density at radius 2 is 1.76 bits per heavy atom. The van der Waals surface area contributed by atoms with Crippen LogP contribution in [0.4, 0.5) is 5.69 Å². The summed E-state index contributed by atoms with van der Waals surface area (Å²) in [5, 5.41) is 3.09. The third-order valence-electron chi connectivity index (χ3n) is 6.86. The quantitative estimate of drug-likeness (QED) is 0.411. The lowest BCUT2D eigenvalue weighted by molar-refractivity contribution is -0.141. The van der Waals surface area contributed by atoms with Crippen molar-refractivity contribution in [2.45, 2.75) is 64.1 Å². The number of carbonyl (C=O) groups is 2. The molecule has 1 aliphatic carbocycles. The maximum Gasteiger partial charge on any atom is 0.242 e. The molecule has 1 N–H and O–H groups in total. The first kappa shape index (κ1) is 29.3. The highest BCUT2D eigenvalue weighted by Crippen LogP contribution is 2.30. The first-order valence-electron chi connectivity index (χ1n) is 13.0. The summed E-state index contributed by atoms with van der Waals surface area (Å²) < 4.78 is 37.1. The second-order valence-corrected chi connectivity index (χ2v) is 11.6. The summed E-state index contributed by atoms with van der Waals surface area (Å²) in [6, 6.07) is 13.7. The number of amides is 2. The molecule has 208 valence electrons. The largest absolute Gasteiger partial charge is 0.497 e. The predicted molar refractivity (Wildman–Crippen MR) is 148 cm³/mol. The van der Waals surface area contributed by atoms with Gasteiger partial charge in [-0.1, -0.05) is 37.1 Å². The highest BCUT2D eigenvalue weighted by atomic mass is 32.2. The van der Waals surface area contributed by atoms with Gasteiger partial charge >= 0.3 is 0 Å². The Hall–Kier alpha value is -3.27. The van der Waals surface area contributed by atoms with Gasteiger partial charge in [-0.3, -0.25) is 13.9 Å². The van der Waals surface area contributed by atoms with Gasteiger partial charge in [0.1, 0.15) is 17.5 Å². The Labute approximate surface area is 226 Å². The molecule has 0 heterocycles. The highest BCUT2D eigenvalue weighted by Gasteiger charge is 2.29. The Morgan fingerprint density at radius 1 is 1.05 bits per heavy atom. The summed E-state index contributed by atoms with van der Waals surface area (Å²) in [6.45, 7) is 2.07. The number of anilines is 1. The Balaban J connectivity index is 1.75. The first-order chi connectivity index (χ1) is 18.1. The van der Waals surface area contributed by atoms with Crippen molar-refractivity contribution in [1.82, 2.24) is 10.2 Å². The summed E-state index contributed by atoms with van der Waals surface area (Å²) in [4.78, 5) is 28.2. The van der Waals surface area contributed by atoms with E-state index in [1.165, 1.54) is 11.4 Å². The molecule has 2 amide bonds. The average Bonchev–Trinajstić information content (AvgIpc) is 3.41. The molecule has 2 aromatic carbocycles. The number of benzene rings is 2. The van der Waals surface area contributed by atoms with Gasteiger partial charge in [-0.25, -0.2) is 8.42 Å². The number of nitrogens with one attached hydrogen (secondary N) is 1. The molecular weight excluding hydrogens is 506 g/mol. The lowest BCUT2D eigenvalue weighted by Crippen LogP contribution is -2.49. The molecular formula is C28H39N3O6S. The van der Waals surface area contributed by atoms with Crippen LogP contribution in [0.25, 0.3) is 0 Å². The topological polar surface area (TPSA) is 105 Å². The lowest BCUT2D eigenvalue weighted by atomic mass is 10.1. The fraction of sp³-hybridized carbons (Fsp3) is 0.500. The van der Waals surface area contributed by atoms with Crippen molar-refractivity contribution in [3.05, 3.63) is 54.1 Å². The van der Waals surface area contributed by atoms with Crippen LogP contribution >= 0.6 is 0 Å². The molecule has 3 rings (SSSR count). The Bertz CT molecular complexity index is 1200. The minimum absolute atomic E-state index is 0.0756. The molecule has 0 unspecified atom stereocenters. The molecule has 0 radical (unpaired) electrons. The smallest absolute Gasteiger partial charge is 0.242 e. The van der Waals surface area contributed by atoms with E-state index in [1.54, 1.807) is 43.2 Å². The number of hydrogen-bond acceptors (Lipinski definition) is 6. The van der Waals surface area contributed by atoms with Crippen LogP contribution in [0.5, 0.6) is 11.5 Å². The third kappa shape index (κ3) is 7.86. The van der Waals surface area contributed by atoms with E-state index in [9.17, 15) is 18.0 Å². The van der Waals surface area contributed by atoms with E-state index in [0.29, 0.717) is 17.2 Å². The molecule has 1 aliphatic rings. The minimum atomic E-state index is -3.62. The van der Waals surface area contributed by atoms with Crippen LogP contribution in [0, 0.1) is 0 Å². The predicted octanol–water partition coefficient (Wildman–Crippen LogP) is 3.73. The molecule has 0 bridgehead atoms. The van der Waals surface area contributed by atoms with Gasteiger partial charge in [0.2, 0.25) is 21.8 Å². The van der Waals surface area contributed by atoms with Crippen molar-refractivity contribution < 1.29 is 27.5 Å². The summed E-state index contributed by atoms with van der Waals surface area (Å²) in [5.74, 6) is 0.690. The zero-order valence-electron chi connectivity index (χ0n) is 22.7. The van der Waals surface area contributed by atoms with E-state index in [-0.39, 0.29) is 43.8 Å². The van der Waals surface area contributed by atoms with Crippen LogP contribution in [0.1, 0.15) is 51.0 Å². The molecule has 0 aromatic heterocycles. The number of rotatable bonds is 13. The highest BCUT2D eigenvalue weighted by molar-refractivity contribution is 7.92. The van der Waals surface area contributed by atoms with Crippen LogP contribution in [-0.4, -0.2) is 64.2 Å². The van der Waals surface area contributed by atoms with Crippen LogP contribution in [0.2, 0.25) is 0 Å². The van der Waals surface area contributed by atoms with Crippen molar-refractivity contribution in [2.24, 2.45) is 0 Å². The lowest BCUT2D eigenvalue weighted by Gasteiger charge is -2.30. The maximum atomic E-state index is 13.5. The van der Waals surface area contributed by atoms with E-state index >= 15 is 0 Å². The van der Waals surface area contributed by atoms with Gasteiger partial charge in [0.15, 0.2) is 0 Å². The van der Waals surface area contributed by atoms with Crippen molar-refractivity contribution in [2.75, 3.05) is 31.3 Å². The zero-order valence-corrected chi connectivity index (χ0v) is 23.5. The fourth-order valence-electron chi connectivity index (χ4n) is 4.76. The zero-order chi connectivity index (χ0) is 27.7.